The normalized spacial score (nSPS) is 11.2. The minimum absolute atomic E-state index is 0.342. The van der Waals surface area contributed by atoms with E-state index in [0.717, 1.165) is 0 Å². The van der Waals surface area contributed by atoms with Gasteiger partial charge in [-0.15, -0.1) is 0 Å². The number of hydrogen-bond acceptors (Lipinski definition) is 4. The van der Waals surface area contributed by atoms with Gasteiger partial charge in [-0.05, 0) is 12.1 Å². The molecule has 1 aromatic rings. The van der Waals surface area contributed by atoms with Gasteiger partial charge in [0.1, 0.15) is 5.75 Å². The highest BCUT2D eigenvalue weighted by Crippen LogP contribution is 2.27. The first kappa shape index (κ1) is 13.1. The van der Waals surface area contributed by atoms with Crippen LogP contribution in [0.4, 0.5) is 5.69 Å². The number of nitrogens with one attached hydrogen (secondary N) is 1. The molecule has 0 aromatic heterocycles. The molecule has 2 N–H and O–H groups in total. The second kappa shape index (κ2) is 5.38. The number of ether oxygens (including phenoxy) is 1. The van der Waals surface area contributed by atoms with E-state index in [4.69, 9.17) is 21.4 Å². The van der Waals surface area contributed by atoms with Gasteiger partial charge in [-0.2, -0.15) is 0 Å². The van der Waals surface area contributed by atoms with Crippen LogP contribution in [0.15, 0.2) is 18.2 Å². The number of anilines is 1. The quantitative estimate of drug-likeness (QED) is 0.835. The third-order valence-corrected chi connectivity index (χ3v) is 3.36. The number of rotatable bonds is 5. The lowest BCUT2D eigenvalue weighted by molar-refractivity contribution is 0.320. The Hall–Kier alpha value is -0.980. The molecule has 0 aliphatic heterocycles. The topological polar surface area (TPSA) is 75.6 Å². The number of methoxy groups -OCH3 is 1. The highest BCUT2D eigenvalue weighted by Gasteiger charge is 2.10. The van der Waals surface area contributed by atoms with Crippen molar-refractivity contribution in [3.8, 4) is 5.75 Å². The van der Waals surface area contributed by atoms with Gasteiger partial charge in [0, 0.05) is 6.07 Å². The number of sulfonamides is 1. The molecular weight excluding hydrogens is 254 g/mol. The van der Waals surface area contributed by atoms with E-state index in [2.05, 4.69) is 4.72 Å². The Morgan fingerprint density at radius 3 is 2.75 bits per heavy atom. The fourth-order valence-electron chi connectivity index (χ4n) is 1.07. The first-order valence-corrected chi connectivity index (χ1v) is 6.46. The van der Waals surface area contributed by atoms with Crippen LogP contribution in [0.3, 0.4) is 0 Å². The molecule has 90 valence electrons. The molecule has 0 radical (unpaired) electrons. The Bertz CT molecular complexity index is 461. The van der Waals surface area contributed by atoms with E-state index in [1.54, 1.807) is 0 Å². The summed E-state index contributed by atoms with van der Waals surface area (Å²) < 4.78 is 29.9. The second-order valence-corrected chi connectivity index (χ2v) is 5.24. The van der Waals surface area contributed by atoms with Crippen LogP contribution in [0.1, 0.15) is 0 Å². The molecular formula is C9H12ClNO4S. The van der Waals surface area contributed by atoms with E-state index >= 15 is 0 Å². The lowest BCUT2D eigenvalue weighted by Gasteiger charge is -2.09. The fourth-order valence-corrected chi connectivity index (χ4v) is 2.10. The molecule has 0 saturated heterocycles. The zero-order valence-electron chi connectivity index (χ0n) is 8.60. The molecule has 1 aromatic carbocycles. The highest BCUT2D eigenvalue weighted by atomic mass is 35.5. The number of halogens is 1. The number of aliphatic hydroxyl groups is 1. The van der Waals surface area contributed by atoms with Crippen LogP contribution in [-0.4, -0.2) is 33.0 Å². The molecule has 1 rings (SSSR count). The largest absolute Gasteiger partial charge is 0.495 e. The van der Waals surface area contributed by atoms with Gasteiger partial charge in [0.05, 0.1) is 30.2 Å². The molecule has 0 amide bonds. The van der Waals surface area contributed by atoms with Crippen LogP contribution < -0.4 is 9.46 Å². The van der Waals surface area contributed by atoms with Crippen molar-refractivity contribution in [3.63, 3.8) is 0 Å². The van der Waals surface area contributed by atoms with Crippen molar-refractivity contribution in [2.45, 2.75) is 0 Å². The smallest absolute Gasteiger partial charge is 0.234 e. The van der Waals surface area contributed by atoms with Crippen LogP contribution in [0.2, 0.25) is 5.02 Å². The van der Waals surface area contributed by atoms with Gasteiger partial charge in [-0.3, -0.25) is 4.72 Å². The average molecular weight is 266 g/mol. The van der Waals surface area contributed by atoms with Gasteiger partial charge in [-0.25, -0.2) is 8.42 Å². The van der Waals surface area contributed by atoms with Crippen molar-refractivity contribution in [1.82, 2.24) is 0 Å². The van der Waals surface area contributed by atoms with Crippen LogP contribution in [-0.2, 0) is 10.0 Å². The van der Waals surface area contributed by atoms with Gasteiger partial charge < -0.3 is 9.84 Å². The summed E-state index contributed by atoms with van der Waals surface area (Å²) in [7, 11) is -2.08. The Kier molecular flexibility index (Phi) is 4.40. The third kappa shape index (κ3) is 3.55. The van der Waals surface area contributed by atoms with Crippen molar-refractivity contribution in [2.24, 2.45) is 0 Å². The second-order valence-electron chi connectivity index (χ2n) is 2.99. The number of hydrogen-bond donors (Lipinski definition) is 2. The summed E-state index contributed by atoms with van der Waals surface area (Å²) in [6.45, 7) is -0.430. The maximum Gasteiger partial charge on any atom is 0.234 e. The SMILES string of the molecule is COc1cc(NS(=O)(=O)CCO)ccc1Cl. The Morgan fingerprint density at radius 2 is 2.19 bits per heavy atom. The number of aliphatic hydroxyl groups excluding tert-OH is 1. The zero-order valence-corrected chi connectivity index (χ0v) is 10.2. The maximum absolute atomic E-state index is 11.3. The number of benzene rings is 1. The Balaban J connectivity index is 2.90. The summed E-state index contributed by atoms with van der Waals surface area (Å²) in [4.78, 5) is 0. The predicted molar refractivity (Wildman–Crippen MR) is 62.5 cm³/mol. The maximum atomic E-state index is 11.3. The summed E-state index contributed by atoms with van der Waals surface area (Å²) in [6.07, 6.45) is 0. The third-order valence-electron chi connectivity index (χ3n) is 1.78. The molecule has 0 unspecified atom stereocenters. The highest BCUT2D eigenvalue weighted by molar-refractivity contribution is 7.92. The van der Waals surface area contributed by atoms with Gasteiger partial charge in [-0.1, -0.05) is 11.6 Å². The lowest BCUT2D eigenvalue weighted by Crippen LogP contribution is -2.18. The standard InChI is InChI=1S/C9H12ClNO4S/c1-15-9-6-7(2-3-8(9)10)11-16(13,14)5-4-12/h2-3,6,11-12H,4-5H2,1H3. The molecule has 0 spiro atoms. The van der Waals surface area contributed by atoms with E-state index < -0.39 is 16.6 Å². The van der Waals surface area contributed by atoms with Gasteiger partial charge >= 0.3 is 0 Å². The molecule has 0 aliphatic rings. The molecule has 16 heavy (non-hydrogen) atoms. The van der Waals surface area contributed by atoms with Crippen molar-refractivity contribution in [1.29, 1.82) is 0 Å². The summed E-state index contributed by atoms with van der Waals surface area (Å²) in [5.41, 5.74) is 0.342. The van der Waals surface area contributed by atoms with Crippen molar-refractivity contribution >= 4 is 27.3 Å². The van der Waals surface area contributed by atoms with Gasteiger partial charge in [0.15, 0.2) is 0 Å². The van der Waals surface area contributed by atoms with E-state index in [1.165, 1.54) is 25.3 Å². The predicted octanol–water partition coefficient (Wildman–Crippen LogP) is 1.08. The van der Waals surface area contributed by atoms with Crippen LogP contribution >= 0.6 is 11.6 Å². The van der Waals surface area contributed by atoms with Crippen LogP contribution in [0.25, 0.3) is 0 Å². The molecule has 0 saturated carbocycles. The van der Waals surface area contributed by atoms with E-state index in [-0.39, 0.29) is 5.75 Å². The van der Waals surface area contributed by atoms with Crippen molar-refractivity contribution in [2.75, 3.05) is 24.2 Å². The fraction of sp³-hybridized carbons (Fsp3) is 0.333. The first-order valence-electron chi connectivity index (χ1n) is 4.43. The molecule has 0 atom stereocenters. The Morgan fingerprint density at radius 1 is 1.50 bits per heavy atom. The Labute approximate surface area is 99.0 Å². The van der Waals surface area contributed by atoms with Gasteiger partial charge in [0.2, 0.25) is 10.0 Å². The van der Waals surface area contributed by atoms with E-state index in [1.807, 2.05) is 0 Å². The minimum Gasteiger partial charge on any atom is -0.495 e. The summed E-state index contributed by atoms with van der Waals surface area (Å²) >= 11 is 5.79. The van der Waals surface area contributed by atoms with Crippen LogP contribution in [0.5, 0.6) is 5.75 Å². The minimum atomic E-state index is -3.52. The molecule has 0 fully saturated rings. The summed E-state index contributed by atoms with van der Waals surface area (Å²) in [5, 5.41) is 8.96. The molecule has 0 bridgehead atoms. The average Bonchev–Trinajstić information content (AvgIpc) is 2.20. The monoisotopic (exact) mass is 265 g/mol. The first-order chi connectivity index (χ1) is 7.48. The molecule has 0 aliphatic carbocycles. The van der Waals surface area contributed by atoms with Crippen molar-refractivity contribution in [3.05, 3.63) is 23.2 Å². The zero-order chi connectivity index (χ0) is 12.2. The van der Waals surface area contributed by atoms with E-state index in [0.29, 0.717) is 16.5 Å². The van der Waals surface area contributed by atoms with E-state index in [9.17, 15) is 8.42 Å². The molecule has 5 nitrogen and oxygen atoms in total. The molecule has 7 heteroatoms. The summed E-state index contributed by atoms with van der Waals surface area (Å²) in [5.74, 6) is 0.0312. The van der Waals surface area contributed by atoms with Crippen molar-refractivity contribution < 1.29 is 18.3 Å². The van der Waals surface area contributed by atoms with Crippen LogP contribution in [0, 0.1) is 0 Å². The lowest BCUT2D eigenvalue weighted by atomic mass is 10.3. The molecule has 0 heterocycles. The van der Waals surface area contributed by atoms with Gasteiger partial charge in [0.25, 0.3) is 0 Å². The summed E-state index contributed by atoms with van der Waals surface area (Å²) in [6, 6.07) is 4.51.